The average molecular weight is 411 g/mol. The fraction of sp³-hybridized carbons (Fsp3) is 0.150. The first-order valence-electron chi connectivity index (χ1n) is 8.69. The highest BCUT2D eigenvalue weighted by Crippen LogP contribution is 2.34. The number of aromatic amines is 1. The molecule has 2 N–H and O–H groups in total. The molecular formula is C20H15F2N5OS. The van der Waals surface area contributed by atoms with Crippen molar-refractivity contribution in [2.75, 3.05) is 0 Å². The lowest BCUT2D eigenvalue weighted by molar-refractivity contribution is 0.0656. The molecule has 0 unspecified atom stereocenters. The molecule has 0 fully saturated rings. The van der Waals surface area contributed by atoms with Gasteiger partial charge in [-0.2, -0.15) is 14.0 Å². The number of nitriles is 1. The Balaban J connectivity index is 1.72. The Morgan fingerprint density at radius 2 is 1.83 bits per heavy atom. The average Bonchev–Trinajstić information content (AvgIpc) is 3.29. The van der Waals surface area contributed by atoms with Gasteiger partial charge in [-0.15, -0.1) is 0 Å². The van der Waals surface area contributed by atoms with Crippen molar-refractivity contribution in [1.29, 1.82) is 5.26 Å². The number of imidazole rings is 2. The van der Waals surface area contributed by atoms with Crippen LogP contribution in [0.15, 0.2) is 59.4 Å². The first-order valence-corrected chi connectivity index (χ1v) is 9.57. The van der Waals surface area contributed by atoms with Crippen molar-refractivity contribution in [2.24, 2.45) is 0 Å². The number of aliphatic hydroxyl groups is 1. The van der Waals surface area contributed by atoms with E-state index in [0.717, 1.165) is 21.8 Å². The molecule has 0 bridgehead atoms. The molecule has 0 saturated carbocycles. The van der Waals surface area contributed by atoms with E-state index in [2.05, 4.69) is 15.0 Å². The lowest BCUT2D eigenvalue weighted by Crippen LogP contribution is -2.08. The minimum atomic E-state index is -2.78. The largest absolute Gasteiger partial charge is 0.510 e. The van der Waals surface area contributed by atoms with Gasteiger partial charge >= 0.3 is 6.55 Å². The highest BCUT2D eigenvalue weighted by molar-refractivity contribution is 8.00. The molecule has 0 spiro atoms. The number of thioether (sulfide) groups is 1. The van der Waals surface area contributed by atoms with Gasteiger partial charge in [0.25, 0.3) is 0 Å². The van der Waals surface area contributed by atoms with Crippen LogP contribution < -0.4 is 0 Å². The highest BCUT2D eigenvalue weighted by atomic mass is 32.2. The van der Waals surface area contributed by atoms with Gasteiger partial charge in [0.05, 0.1) is 27.3 Å². The SMILES string of the molecule is C[C@@H](Sc1nc2ccccc2n1C(F)F)C(O)=C(C#N)c1nc2ccccc2[nH]1. The van der Waals surface area contributed by atoms with Gasteiger partial charge in [0.2, 0.25) is 0 Å². The van der Waals surface area contributed by atoms with Crippen molar-refractivity contribution in [3.63, 3.8) is 0 Å². The quantitative estimate of drug-likeness (QED) is 0.265. The summed E-state index contributed by atoms with van der Waals surface area (Å²) < 4.78 is 28.1. The van der Waals surface area contributed by atoms with Crippen LogP contribution in [-0.2, 0) is 0 Å². The van der Waals surface area contributed by atoms with Gasteiger partial charge < -0.3 is 10.1 Å². The number of fused-ring (bicyclic) bond motifs is 2. The van der Waals surface area contributed by atoms with Crippen molar-refractivity contribution in [3.8, 4) is 6.07 Å². The van der Waals surface area contributed by atoms with Gasteiger partial charge in [0, 0.05) is 0 Å². The molecule has 29 heavy (non-hydrogen) atoms. The van der Waals surface area contributed by atoms with E-state index in [0.29, 0.717) is 16.6 Å². The lowest BCUT2D eigenvalue weighted by atomic mass is 10.2. The number of halogens is 2. The molecule has 0 aliphatic carbocycles. The Morgan fingerprint density at radius 1 is 1.14 bits per heavy atom. The Bertz CT molecular complexity index is 1240. The number of nitrogens with zero attached hydrogens (tertiary/aromatic N) is 4. The number of aromatic nitrogens is 4. The van der Waals surface area contributed by atoms with Gasteiger partial charge in [-0.25, -0.2) is 9.97 Å². The van der Waals surface area contributed by atoms with Gasteiger partial charge in [-0.3, -0.25) is 4.57 Å². The van der Waals surface area contributed by atoms with Crippen LogP contribution in [0.1, 0.15) is 19.3 Å². The minimum Gasteiger partial charge on any atom is -0.510 e. The van der Waals surface area contributed by atoms with E-state index in [1.807, 2.05) is 18.2 Å². The second kappa shape index (κ2) is 7.56. The van der Waals surface area contributed by atoms with Crippen LogP contribution in [-0.4, -0.2) is 29.9 Å². The number of H-pyrrole nitrogens is 1. The molecule has 1 atom stereocenters. The molecule has 0 radical (unpaired) electrons. The van der Waals surface area contributed by atoms with Crippen LogP contribution >= 0.6 is 11.8 Å². The molecule has 0 saturated heterocycles. The summed E-state index contributed by atoms with van der Waals surface area (Å²) in [4.78, 5) is 11.6. The summed E-state index contributed by atoms with van der Waals surface area (Å²) in [7, 11) is 0. The molecule has 4 rings (SSSR count). The number of para-hydroxylation sites is 4. The zero-order chi connectivity index (χ0) is 20.5. The first-order chi connectivity index (χ1) is 14.0. The zero-order valence-corrected chi connectivity index (χ0v) is 16.0. The summed E-state index contributed by atoms with van der Waals surface area (Å²) in [5.41, 5.74) is 2.08. The molecule has 0 aliphatic rings. The fourth-order valence-corrected chi connectivity index (χ4v) is 4.00. The van der Waals surface area contributed by atoms with Crippen LogP contribution in [0, 0.1) is 11.3 Å². The maximum absolute atomic E-state index is 13.6. The Hall–Kier alpha value is -3.38. The maximum atomic E-state index is 13.6. The maximum Gasteiger partial charge on any atom is 0.321 e. The third-order valence-electron chi connectivity index (χ3n) is 4.42. The van der Waals surface area contributed by atoms with Crippen LogP contribution in [0.4, 0.5) is 8.78 Å². The molecular weight excluding hydrogens is 396 g/mol. The number of allylic oxidation sites excluding steroid dienone is 1. The molecule has 2 heterocycles. The van der Waals surface area contributed by atoms with Gasteiger partial charge in [-0.05, 0) is 31.2 Å². The van der Waals surface area contributed by atoms with Crippen LogP contribution in [0.2, 0.25) is 0 Å². The third kappa shape index (κ3) is 3.43. The summed E-state index contributed by atoms with van der Waals surface area (Å²) in [6.07, 6.45) is 0. The molecule has 2 aromatic heterocycles. The number of hydrogen-bond donors (Lipinski definition) is 2. The standard InChI is InChI=1S/C20H15F2N5OS/c1-11(29-20-26-15-8-4-5-9-16(15)27(20)19(21)22)17(28)12(10-23)18-24-13-6-2-3-7-14(13)25-18/h2-9,11,19,28H,1H3,(H,24,25)/t11-/m1/s1. The second-order valence-electron chi connectivity index (χ2n) is 6.27. The number of benzene rings is 2. The Morgan fingerprint density at radius 3 is 2.52 bits per heavy atom. The van der Waals surface area contributed by atoms with E-state index in [-0.39, 0.29) is 22.3 Å². The summed E-state index contributed by atoms with van der Waals surface area (Å²) in [6.45, 7) is -1.16. The molecule has 6 nitrogen and oxygen atoms in total. The zero-order valence-electron chi connectivity index (χ0n) is 15.2. The number of aliphatic hydroxyl groups excluding tert-OH is 1. The number of alkyl halides is 2. The number of nitrogens with one attached hydrogen (secondary N) is 1. The number of hydrogen-bond acceptors (Lipinski definition) is 5. The van der Waals surface area contributed by atoms with Crippen LogP contribution in [0.25, 0.3) is 27.6 Å². The second-order valence-corrected chi connectivity index (χ2v) is 7.57. The predicted molar refractivity (Wildman–Crippen MR) is 108 cm³/mol. The Labute approximate surface area is 168 Å². The third-order valence-corrected chi connectivity index (χ3v) is 5.50. The first kappa shape index (κ1) is 19.0. The van der Waals surface area contributed by atoms with Crippen LogP contribution in [0.5, 0.6) is 0 Å². The summed E-state index contributed by atoms with van der Waals surface area (Å²) in [5.74, 6) is -0.0366. The van der Waals surface area contributed by atoms with Gasteiger partial charge in [0.1, 0.15) is 17.4 Å². The van der Waals surface area contributed by atoms with Crippen molar-refractivity contribution >= 4 is 39.4 Å². The van der Waals surface area contributed by atoms with Crippen molar-refractivity contribution in [1.82, 2.24) is 19.5 Å². The van der Waals surface area contributed by atoms with E-state index in [9.17, 15) is 19.1 Å². The molecule has 2 aromatic carbocycles. The van der Waals surface area contributed by atoms with E-state index in [1.54, 1.807) is 43.3 Å². The van der Waals surface area contributed by atoms with E-state index < -0.39 is 11.8 Å². The molecule has 9 heteroatoms. The molecule has 0 aliphatic heterocycles. The molecule has 0 amide bonds. The smallest absolute Gasteiger partial charge is 0.321 e. The van der Waals surface area contributed by atoms with Crippen molar-refractivity contribution in [2.45, 2.75) is 23.9 Å². The monoisotopic (exact) mass is 411 g/mol. The molecule has 146 valence electrons. The summed E-state index contributed by atoms with van der Waals surface area (Å²) in [6, 6.07) is 15.8. The fourth-order valence-electron chi connectivity index (χ4n) is 3.01. The normalized spacial score (nSPS) is 13.6. The Kier molecular flexibility index (Phi) is 4.94. The van der Waals surface area contributed by atoms with E-state index in [1.165, 1.54) is 0 Å². The summed E-state index contributed by atoms with van der Waals surface area (Å²) in [5, 5.41) is 19.6. The highest BCUT2D eigenvalue weighted by Gasteiger charge is 2.24. The van der Waals surface area contributed by atoms with E-state index >= 15 is 0 Å². The predicted octanol–water partition coefficient (Wildman–Crippen LogP) is 5.28. The topological polar surface area (TPSA) is 90.5 Å². The van der Waals surface area contributed by atoms with Crippen molar-refractivity contribution in [3.05, 3.63) is 60.1 Å². The van der Waals surface area contributed by atoms with Gasteiger partial charge in [-0.1, -0.05) is 36.0 Å². The summed E-state index contributed by atoms with van der Waals surface area (Å²) >= 11 is 0.949. The van der Waals surface area contributed by atoms with Crippen LogP contribution in [0.3, 0.4) is 0 Å². The molecule has 4 aromatic rings. The van der Waals surface area contributed by atoms with Crippen molar-refractivity contribution < 1.29 is 13.9 Å². The lowest BCUT2D eigenvalue weighted by Gasteiger charge is -2.13. The van der Waals surface area contributed by atoms with E-state index in [4.69, 9.17) is 0 Å². The number of rotatable bonds is 5. The minimum absolute atomic E-state index is 0.0408. The van der Waals surface area contributed by atoms with Gasteiger partial charge in [0.15, 0.2) is 11.0 Å².